The van der Waals surface area contributed by atoms with Gasteiger partial charge in [-0.2, -0.15) is 0 Å². The largest absolute Gasteiger partial charge is 0.308 e. The molecule has 1 aromatic heterocycles. The van der Waals surface area contributed by atoms with Gasteiger partial charge in [-0.3, -0.25) is 0 Å². The molecule has 1 unspecified atom stereocenters. The highest BCUT2D eigenvalue weighted by Gasteiger charge is 2.11. The first-order valence-corrected chi connectivity index (χ1v) is 8.62. The quantitative estimate of drug-likeness (QED) is 0.738. The van der Waals surface area contributed by atoms with Crippen LogP contribution in [0.1, 0.15) is 37.7 Å². The van der Waals surface area contributed by atoms with Crippen molar-refractivity contribution in [3.05, 3.63) is 16.6 Å². The summed E-state index contributed by atoms with van der Waals surface area (Å²) in [5, 5.41) is 6.39. The fourth-order valence-electron chi connectivity index (χ4n) is 1.53. The number of aromatic nitrogens is 1. The fourth-order valence-corrected chi connectivity index (χ4v) is 3.20. The smallest absolute Gasteiger partial charge is 0.150 e. The van der Waals surface area contributed by atoms with Gasteiger partial charge in [0.15, 0.2) is 0 Å². The van der Waals surface area contributed by atoms with Crippen molar-refractivity contribution in [3.8, 4) is 0 Å². The van der Waals surface area contributed by atoms with Crippen LogP contribution in [0.15, 0.2) is 11.6 Å². The van der Waals surface area contributed by atoms with E-state index in [1.165, 1.54) is 0 Å². The van der Waals surface area contributed by atoms with Crippen LogP contribution in [0.25, 0.3) is 0 Å². The Hall–Kier alpha value is -0.460. The molecule has 17 heavy (non-hydrogen) atoms. The van der Waals surface area contributed by atoms with Crippen molar-refractivity contribution in [1.82, 2.24) is 10.3 Å². The summed E-state index contributed by atoms with van der Waals surface area (Å²) >= 11 is 1.63. The minimum absolute atomic E-state index is 0.233. The summed E-state index contributed by atoms with van der Waals surface area (Å²) in [6.45, 7) is 4.51. The average molecular weight is 276 g/mol. The highest BCUT2D eigenvalue weighted by atomic mass is 32.2. The Bertz CT molecular complexity index is 401. The highest BCUT2D eigenvalue weighted by molar-refractivity contribution is 7.91. The van der Waals surface area contributed by atoms with E-state index in [2.05, 4.69) is 17.2 Å². The number of thiazole rings is 1. The second-order valence-electron chi connectivity index (χ2n) is 3.88. The summed E-state index contributed by atoms with van der Waals surface area (Å²) in [6, 6.07) is 0.249. The van der Waals surface area contributed by atoms with E-state index in [1.54, 1.807) is 24.5 Å². The molecule has 98 valence electrons. The van der Waals surface area contributed by atoms with Gasteiger partial charge >= 0.3 is 0 Å². The van der Waals surface area contributed by atoms with Crippen LogP contribution < -0.4 is 5.32 Å². The molecule has 0 aromatic carbocycles. The van der Waals surface area contributed by atoms with Gasteiger partial charge in [0.2, 0.25) is 0 Å². The Labute approximate surface area is 107 Å². The number of sulfone groups is 1. The number of hydrogen-bond donors (Lipinski definition) is 1. The second kappa shape index (κ2) is 7.08. The standard InChI is InChI=1S/C11H20N2O2S2/c1-3-10(11-13-7-8-16-11)12-6-5-9-17(14,15)4-2/h7-8,10,12H,3-6,9H2,1-2H3. The Balaban J connectivity index is 2.30. The van der Waals surface area contributed by atoms with Gasteiger partial charge < -0.3 is 5.32 Å². The summed E-state index contributed by atoms with van der Waals surface area (Å²) in [5.41, 5.74) is 0. The van der Waals surface area contributed by atoms with Crippen LogP contribution >= 0.6 is 11.3 Å². The van der Waals surface area contributed by atoms with E-state index in [-0.39, 0.29) is 17.5 Å². The van der Waals surface area contributed by atoms with Crippen LogP contribution in [0, 0.1) is 0 Å². The van der Waals surface area contributed by atoms with Crippen LogP contribution in [0.4, 0.5) is 0 Å². The van der Waals surface area contributed by atoms with E-state index in [4.69, 9.17) is 0 Å². The molecule has 0 amide bonds. The van der Waals surface area contributed by atoms with E-state index in [1.807, 2.05) is 5.38 Å². The van der Waals surface area contributed by atoms with Crippen LogP contribution in [-0.4, -0.2) is 31.5 Å². The SMILES string of the molecule is CCC(NCCCS(=O)(=O)CC)c1nccs1. The molecular weight excluding hydrogens is 256 g/mol. The van der Waals surface area contributed by atoms with Gasteiger partial charge in [0.1, 0.15) is 14.8 Å². The molecule has 0 saturated heterocycles. The molecule has 0 radical (unpaired) electrons. The molecule has 0 spiro atoms. The van der Waals surface area contributed by atoms with Gasteiger partial charge in [-0.15, -0.1) is 11.3 Å². The summed E-state index contributed by atoms with van der Waals surface area (Å²) < 4.78 is 22.6. The maximum Gasteiger partial charge on any atom is 0.150 e. The Morgan fingerprint density at radius 3 is 2.76 bits per heavy atom. The fraction of sp³-hybridized carbons (Fsp3) is 0.727. The molecule has 0 aliphatic heterocycles. The summed E-state index contributed by atoms with van der Waals surface area (Å²) in [4.78, 5) is 4.27. The number of nitrogens with one attached hydrogen (secondary N) is 1. The molecule has 0 saturated carbocycles. The lowest BCUT2D eigenvalue weighted by molar-refractivity contribution is 0.514. The summed E-state index contributed by atoms with van der Waals surface area (Å²) in [7, 11) is -2.83. The molecule has 1 rings (SSSR count). The monoisotopic (exact) mass is 276 g/mol. The predicted molar refractivity (Wildman–Crippen MR) is 72.1 cm³/mol. The third-order valence-electron chi connectivity index (χ3n) is 2.62. The van der Waals surface area contributed by atoms with Crippen molar-refractivity contribution in [1.29, 1.82) is 0 Å². The third-order valence-corrected chi connectivity index (χ3v) is 5.30. The molecule has 1 atom stereocenters. The van der Waals surface area contributed by atoms with E-state index in [9.17, 15) is 8.42 Å². The lowest BCUT2D eigenvalue weighted by Gasteiger charge is -2.14. The number of rotatable bonds is 8. The Morgan fingerprint density at radius 1 is 1.47 bits per heavy atom. The maximum absolute atomic E-state index is 11.3. The van der Waals surface area contributed by atoms with Crippen molar-refractivity contribution in [2.45, 2.75) is 32.7 Å². The molecule has 1 aromatic rings. The van der Waals surface area contributed by atoms with Crippen LogP contribution in [0.5, 0.6) is 0 Å². The lowest BCUT2D eigenvalue weighted by atomic mass is 10.2. The van der Waals surface area contributed by atoms with E-state index in [0.29, 0.717) is 6.42 Å². The van der Waals surface area contributed by atoms with E-state index < -0.39 is 9.84 Å². The zero-order valence-electron chi connectivity index (χ0n) is 10.3. The maximum atomic E-state index is 11.3. The van der Waals surface area contributed by atoms with E-state index in [0.717, 1.165) is 18.0 Å². The molecule has 0 aliphatic carbocycles. The van der Waals surface area contributed by atoms with Gasteiger partial charge in [0, 0.05) is 17.3 Å². The van der Waals surface area contributed by atoms with Crippen molar-refractivity contribution in [3.63, 3.8) is 0 Å². The summed E-state index contributed by atoms with van der Waals surface area (Å²) in [6.07, 6.45) is 3.43. The van der Waals surface area contributed by atoms with Gasteiger partial charge in [0.25, 0.3) is 0 Å². The first-order chi connectivity index (χ1) is 8.09. The van der Waals surface area contributed by atoms with Crippen molar-refractivity contribution in [2.75, 3.05) is 18.1 Å². The highest BCUT2D eigenvalue weighted by Crippen LogP contribution is 2.18. The van der Waals surface area contributed by atoms with Gasteiger partial charge in [0.05, 0.1) is 11.8 Å². The number of hydrogen-bond acceptors (Lipinski definition) is 5. The topological polar surface area (TPSA) is 59.1 Å². The van der Waals surface area contributed by atoms with Crippen molar-refractivity contribution in [2.24, 2.45) is 0 Å². The predicted octanol–water partition coefficient (Wildman–Crippen LogP) is 2.01. The second-order valence-corrected chi connectivity index (χ2v) is 7.27. The lowest BCUT2D eigenvalue weighted by Crippen LogP contribution is -2.24. The first-order valence-electron chi connectivity index (χ1n) is 5.92. The normalized spacial score (nSPS) is 13.8. The molecule has 4 nitrogen and oxygen atoms in total. The van der Waals surface area contributed by atoms with Gasteiger partial charge in [-0.05, 0) is 19.4 Å². The average Bonchev–Trinajstić information content (AvgIpc) is 2.83. The van der Waals surface area contributed by atoms with Gasteiger partial charge in [-0.25, -0.2) is 13.4 Å². The molecular formula is C11H20N2O2S2. The number of nitrogens with zero attached hydrogens (tertiary/aromatic N) is 1. The third kappa shape index (κ3) is 5.14. The Kier molecular flexibility index (Phi) is 6.08. The van der Waals surface area contributed by atoms with Crippen molar-refractivity contribution < 1.29 is 8.42 Å². The minimum Gasteiger partial charge on any atom is -0.308 e. The molecule has 0 fully saturated rings. The summed E-state index contributed by atoms with van der Waals surface area (Å²) in [5.74, 6) is 0.501. The zero-order chi connectivity index (χ0) is 12.7. The minimum atomic E-state index is -2.83. The zero-order valence-corrected chi connectivity index (χ0v) is 12.0. The van der Waals surface area contributed by atoms with Gasteiger partial charge in [-0.1, -0.05) is 13.8 Å². The molecule has 0 bridgehead atoms. The molecule has 1 N–H and O–H groups in total. The van der Waals surface area contributed by atoms with Crippen molar-refractivity contribution >= 4 is 21.2 Å². The van der Waals surface area contributed by atoms with Crippen LogP contribution in [0.2, 0.25) is 0 Å². The van der Waals surface area contributed by atoms with Crippen LogP contribution in [0.3, 0.4) is 0 Å². The molecule has 0 aliphatic rings. The first kappa shape index (κ1) is 14.6. The molecule has 6 heteroatoms. The molecule has 1 heterocycles. The van der Waals surface area contributed by atoms with Crippen LogP contribution in [-0.2, 0) is 9.84 Å². The van der Waals surface area contributed by atoms with E-state index >= 15 is 0 Å². The Morgan fingerprint density at radius 2 is 2.24 bits per heavy atom.